The number of carbonyl (C=O) groups is 1. The van der Waals surface area contributed by atoms with Crippen molar-refractivity contribution in [2.24, 2.45) is 0 Å². The first-order valence-corrected chi connectivity index (χ1v) is 9.89. The van der Waals surface area contributed by atoms with Gasteiger partial charge in [-0.2, -0.15) is 0 Å². The molecule has 4 heteroatoms. The molecule has 1 aliphatic rings. The van der Waals surface area contributed by atoms with Crippen molar-refractivity contribution in [1.29, 1.82) is 0 Å². The van der Waals surface area contributed by atoms with E-state index in [4.69, 9.17) is 5.11 Å². The molecule has 0 aliphatic carbocycles. The third kappa shape index (κ3) is 9.41. The third-order valence-electron chi connectivity index (χ3n) is 4.22. The molecule has 2 N–H and O–H groups in total. The van der Waals surface area contributed by atoms with E-state index in [1.165, 1.54) is 70.6 Å². The number of aliphatic carboxylic acids is 1. The Morgan fingerprint density at radius 1 is 1.00 bits per heavy atom. The SMILES string of the molecule is CCCCCCCCCCCCC[C@@H]1N[C@H](C(=O)O)CS1. The molecule has 0 unspecified atom stereocenters. The van der Waals surface area contributed by atoms with Crippen molar-refractivity contribution >= 4 is 17.7 Å². The molecule has 1 rings (SSSR count). The van der Waals surface area contributed by atoms with Crippen LogP contribution < -0.4 is 5.32 Å². The van der Waals surface area contributed by atoms with E-state index >= 15 is 0 Å². The molecule has 3 nitrogen and oxygen atoms in total. The summed E-state index contributed by atoms with van der Waals surface area (Å²) < 4.78 is 0. The van der Waals surface area contributed by atoms with E-state index in [0.29, 0.717) is 5.37 Å². The molecule has 0 amide bonds. The number of rotatable bonds is 13. The predicted molar refractivity (Wildman–Crippen MR) is 91.9 cm³/mol. The standard InChI is InChI=1S/C17H33NO2S/c1-2-3-4-5-6-7-8-9-10-11-12-13-16-18-15(14-21-16)17(19)20/h15-16,18H,2-14H2,1H3,(H,19,20)/t15-,16+/m0/s1. The fraction of sp³-hybridized carbons (Fsp3) is 0.941. The Balaban J connectivity index is 1.80. The van der Waals surface area contributed by atoms with Crippen LogP contribution in [0.5, 0.6) is 0 Å². The molecule has 2 atom stereocenters. The Labute approximate surface area is 134 Å². The van der Waals surface area contributed by atoms with Crippen molar-refractivity contribution in [2.75, 3.05) is 5.75 Å². The molecule has 0 saturated carbocycles. The van der Waals surface area contributed by atoms with Crippen LogP contribution in [-0.4, -0.2) is 28.2 Å². The molecule has 0 bridgehead atoms. The Morgan fingerprint density at radius 2 is 1.52 bits per heavy atom. The first kappa shape index (κ1) is 18.8. The minimum absolute atomic E-state index is 0.326. The molecule has 0 aromatic rings. The third-order valence-corrected chi connectivity index (χ3v) is 5.52. The van der Waals surface area contributed by atoms with Crippen molar-refractivity contribution < 1.29 is 9.90 Å². The topological polar surface area (TPSA) is 49.3 Å². The molecule has 1 heterocycles. The lowest BCUT2D eigenvalue weighted by atomic mass is 10.1. The van der Waals surface area contributed by atoms with Crippen LogP contribution >= 0.6 is 11.8 Å². The highest BCUT2D eigenvalue weighted by Gasteiger charge is 2.28. The van der Waals surface area contributed by atoms with Crippen LogP contribution in [-0.2, 0) is 4.79 Å². The molecule has 1 saturated heterocycles. The smallest absolute Gasteiger partial charge is 0.321 e. The number of thioether (sulfide) groups is 1. The second-order valence-electron chi connectivity index (χ2n) is 6.20. The average molecular weight is 316 g/mol. The molecule has 0 radical (unpaired) electrons. The summed E-state index contributed by atoms with van der Waals surface area (Å²) in [5.74, 6) is 0.0156. The Morgan fingerprint density at radius 3 is 2.00 bits per heavy atom. The van der Waals surface area contributed by atoms with Crippen LogP contribution in [0.2, 0.25) is 0 Å². The second kappa shape index (κ2) is 12.3. The highest BCUT2D eigenvalue weighted by Crippen LogP contribution is 2.23. The van der Waals surface area contributed by atoms with Gasteiger partial charge in [-0.25, -0.2) is 0 Å². The zero-order chi connectivity index (χ0) is 15.3. The lowest BCUT2D eigenvalue weighted by Crippen LogP contribution is -2.36. The van der Waals surface area contributed by atoms with Crippen LogP contribution in [0.1, 0.15) is 84.0 Å². The van der Waals surface area contributed by atoms with E-state index < -0.39 is 5.97 Å². The van der Waals surface area contributed by atoms with Gasteiger partial charge in [0.1, 0.15) is 6.04 Å². The van der Waals surface area contributed by atoms with Crippen LogP contribution in [0.4, 0.5) is 0 Å². The van der Waals surface area contributed by atoms with Crippen molar-refractivity contribution in [3.05, 3.63) is 0 Å². The fourth-order valence-corrected chi connectivity index (χ4v) is 4.09. The molecular weight excluding hydrogens is 282 g/mol. The summed E-state index contributed by atoms with van der Waals surface area (Å²) in [4.78, 5) is 10.8. The minimum Gasteiger partial charge on any atom is -0.480 e. The zero-order valence-electron chi connectivity index (χ0n) is 13.6. The molecule has 0 aromatic carbocycles. The van der Waals surface area contributed by atoms with Gasteiger partial charge >= 0.3 is 5.97 Å². The maximum atomic E-state index is 10.8. The quantitative estimate of drug-likeness (QED) is 0.479. The van der Waals surface area contributed by atoms with E-state index in [0.717, 1.165) is 12.2 Å². The average Bonchev–Trinajstić information content (AvgIpc) is 2.94. The number of hydrogen-bond acceptors (Lipinski definition) is 3. The van der Waals surface area contributed by atoms with E-state index in [9.17, 15) is 4.79 Å². The van der Waals surface area contributed by atoms with Crippen LogP contribution in [0.15, 0.2) is 0 Å². The van der Waals surface area contributed by atoms with Gasteiger partial charge in [-0.15, -0.1) is 11.8 Å². The molecule has 124 valence electrons. The van der Waals surface area contributed by atoms with E-state index in [2.05, 4.69) is 12.2 Å². The Kier molecular flexibility index (Phi) is 11.1. The van der Waals surface area contributed by atoms with Crippen molar-refractivity contribution in [3.63, 3.8) is 0 Å². The Bertz CT molecular complexity index is 274. The summed E-state index contributed by atoms with van der Waals surface area (Å²) in [5, 5.41) is 12.5. The van der Waals surface area contributed by atoms with Gasteiger partial charge in [0.2, 0.25) is 0 Å². The van der Waals surface area contributed by atoms with Gasteiger partial charge in [0, 0.05) is 5.75 Å². The monoisotopic (exact) mass is 315 g/mol. The van der Waals surface area contributed by atoms with E-state index in [1.54, 1.807) is 11.8 Å². The molecule has 0 aromatic heterocycles. The van der Waals surface area contributed by atoms with Crippen LogP contribution in [0.3, 0.4) is 0 Å². The maximum absolute atomic E-state index is 10.8. The van der Waals surface area contributed by atoms with Gasteiger partial charge in [-0.05, 0) is 6.42 Å². The molecule has 1 fully saturated rings. The molecule has 0 spiro atoms. The van der Waals surface area contributed by atoms with Crippen molar-refractivity contribution in [2.45, 2.75) is 95.4 Å². The molecular formula is C17H33NO2S. The van der Waals surface area contributed by atoms with Gasteiger partial charge in [-0.1, -0.05) is 77.6 Å². The highest BCUT2D eigenvalue weighted by molar-refractivity contribution is 8.00. The number of unbranched alkanes of at least 4 members (excludes halogenated alkanes) is 10. The Hall–Kier alpha value is -0.220. The number of carboxylic acid groups (broad SMARTS) is 1. The summed E-state index contributed by atoms with van der Waals surface area (Å²) in [6, 6.07) is -0.326. The van der Waals surface area contributed by atoms with E-state index in [-0.39, 0.29) is 6.04 Å². The molecule has 1 aliphatic heterocycles. The summed E-state index contributed by atoms with van der Waals surface area (Å²) in [7, 11) is 0. The lowest BCUT2D eigenvalue weighted by molar-refractivity contribution is -0.138. The highest BCUT2D eigenvalue weighted by atomic mass is 32.2. The van der Waals surface area contributed by atoms with Crippen LogP contribution in [0.25, 0.3) is 0 Å². The normalized spacial score (nSPS) is 21.8. The van der Waals surface area contributed by atoms with Gasteiger partial charge in [0.05, 0.1) is 5.37 Å². The van der Waals surface area contributed by atoms with Gasteiger partial charge in [-0.3, -0.25) is 10.1 Å². The molecule has 21 heavy (non-hydrogen) atoms. The zero-order valence-corrected chi connectivity index (χ0v) is 14.4. The van der Waals surface area contributed by atoms with Gasteiger partial charge in [0.25, 0.3) is 0 Å². The predicted octanol–water partition coefficient (Wildman–Crippen LogP) is 4.80. The van der Waals surface area contributed by atoms with Crippen molar-refractivity contribution in [1.82, 2.24) is 5.32 Å². The summed E-state index contributed by atoms with van der Waals surface area (Å²) >= 11 is 1.77. The van der Waals surface area contributed by atoms with Gasteiger partial charge < -0.3 is 5.11 Å². The summed E-state index contributed by atoms with van der Waals surface area (Å²) in [6.07, 6.45) is 16.1. The number of nitrogens with one attached hydrogen (secondary N) is 1. The van der Waals surface area contributed by atoms with Gasteiger partial charge in [0.15, 0.2) is 0 Å². The van der Waals surface area contributed by atoms with Crippen LogP contribution in [0, 0.1) is 0 Å². The minimum atomic E-state index is -0.705. The largest absolute Gasteiger partial charge is 0.480 e. The summed E-state index contributed by atoms with van der Waals surface area (Å²) in [6.45, 7) is 2.27. The lowest BCUT2D eigenvalue weighted by Gasteiger charge is -2.10. The fourth-order valence-electron chi connectivity index (χ4n) is 2.84. The van der Waals surface area contributed by atoms with Crippen molar-refractivity contribution in [3.8, 4) is 0 Å². The van der Waals surface area contributed by atoms with E-state index in [1.807, 2.05) is 0 Å². The number of hydrogen-bond donors (Lipinski definition) is 2. The number of carboxylic acids is 1. The first-order valence-electron chi connectivity index (χ1n) is 8.84. The summed E-state index contributed by atoms with van der Waals surface area (Å²) in [5.41, 5.74) is 0. The second-order valence-corrected chi connectivity index (χ2v) is 7.44. The maximum Gasteiger partial charge on any atom is 0.321 e. The first-order chi connectivity index (χ1) is 10.2.